The van der Waals surface area contributed by atoms with Gasteiger partial charge in [-0.25, -0.2) is 0 Å². The summed E-state index contributed by atoms with van der Waals surface area (Å²) in [6.07, 6.45) is 2.45. The molecule has 0 N–H and O–H groups in total. The molecule has 0 spiro atoms. The van der Waals surface area contributed by atoms with Gasteiger partial charge >= 0.3 is 0 Å². The van der Waals surface area contributed by atoms with Crippen LogP contribution in [0.3, 0.4) is 0 Å². The molecule has 0 aliphatic carbocycles. The molecule has 0 aliphatic heterocycles. The molecule has 0 aliphatic rings. The minimum atomic E-state index is 0.223. The molecule has 0 unspecified atom stereocenters. The van der Waals surface area contributed by atoms with Crippen LogP contribution >= 0.6 is 12.6 Å². The van der Waals surface area contributed by atoms with Gasteiger partial charge in [0, 0.05) is 6.61 Å². The molecule has 0 rings (SSSR count). The van der Waals surface area contributed by atoms with Crippen molar-refractivity contribution >= 4 is 12.6 Å². The van der Waals surface area contributed by atoms with Crippen molar-refractivity contribution in [2.45, 2.75) is 40.5 Å². The van der Waals surface area contributed by atoms with Crippen LogP contribution in [0.25, 0.3) is 0 Å². The van der Waals surface area contributed by atoms with Gasteiger partial charge in [0.25, 0.3) is 0 Å². The smallest absolute Gasteiger partial charge is 0.0524 e. The van der Waals surface area contributed by atoms with E-state index in [1.807, 2.05) is 0 Å². The lowest BCUT2D eigenvalue weighted by molar-refractivity contribution is 0.0697. The van der Waals surface area contributed by atoms with Crippen LogP contribution in [0.15, 0.2) is 0 Å². The van der Waals surface area contributed by atoms with Crippen LogP contribution in [0.4, 0.5) is 0 Å². The van der Waals surface area contributed by atoms with E-state index in [4.69, 9.17) is 4.74 Å². The average Bonchev–Trinajstić information content (AvgIpc) is 2.03. The maximum Gasteiger partial charge on any atom is 0.0524 e. The monoisotopic (exact) mass is 204 g/mol. The van der Waals surface area contributed by atoms with Gasteiger partial charge in [-0.2, -0.15) is 12.6 Å². The molecule has 0 saturated heterocycles. The SMILES string of the molecule is CC(C)CCCOCC(C)(C)CS. The number of hydrogen-bond acceptors (Lipinski definition) is 2. The largest absolute Gasteiger partial charge is 0.381 e. The minimum Gasteiger partial charge on any atom is -0.381 e. The highest BCUT2D eigenvalue weighted by Gasteiger charge is 2.15. The van der Waals surface area contributed by atoms with Gasteiger partial charge in [-0.3, -0.25) is 0 Å². The molecule has 1 nitrogen and oxygen atoms in total. The summed E-state index contributed by atoms with van der Waals surface area (Å²) in [6.45, 7) is 10.6. The van der Waals surface area contributed by atoms with Crippen LogP contribution in [0, 0.1) is 11.3 Å². The molecule has 2 heteroatoms. The highest BCUT2D eigenvalue weighted by molar-refractivity contribution is 7.80. The first kappa shape index (κ1) is 13.3. The number of thiol groups is 1. The summed E-state index contributed by atoms with van der Waals surface area (Å²) < 4.78 is 5.59. The third-order valence-electron chi connectivity index (χ3n) is 1.99. The topological polar surface area (TPSA) is 9.23 Å². The van der Waals surface area contributed by atoms with Crippen LogP contribution in [0.5, 0.6) is 0 Å². The lowest BCUT2D eigenvalue weighted by Crippen LogP contribution is -2.21. The maximum atomic E-state index is 5.59. The number of hydrogen-bond donors (Lipinski definition) is 1. The van der Waals surface area contributed by atoms with Gasteiger partial charge in [-0.1, -0.05) is 27.7 Å². The van der Waals surface area contributed by atoms with Crippen molar-refractivity contribution in [1.29, 1.82) is 0 Å². The second kappa shape index (κ2) is 6.72. The maximum absolute atomic E-state index is 5.59. The minimum absolute atomic E-state index is 0.223. The normalized spacial score (nSPS) is 12.5. The predicted molar refractivity (Wildman–Crippen MR) is 62.5 cm³/mol. The third-order valence-corrected chi connectivity index (χ3v) is 2.85. The van der Waals surface area contributed by atoms with E-state index in [0.717, 1.165) is 24.9 Å². The lowest BCUT2D eigenvalue weighted by atomic mass is 9.98. The molecule has 0 bridgehead atoms. The Morgan fingerprint density at radius 1 is 1.31 bits per heavy atom. The standard InChI is InChI=1S/C11H24OS/c1-10(2)6-5-7-12-8-11(3,4)9-13/h10,13H,5-9H2,1-4H3. The zero-order valence-corrected chi connectivity index (χ0v) is 10.4. The van der Waals surface area contributed by atoms with Gasteiger partial charge in [0.05, 0.1) is 6.61 Å². The molecule has 0 radical (unpaired) electrons. The zero-order valence-electron chi connectivity index (χ0n) is 9.47. The Morgan fingerprint density at radius 2 is 1.92 bits per heavy atom. The molecular formula is C11H24OS. The van der Waals surface area contributed by atoms with E-state index in [0.29, 0.717) is 0 Å². The first-order valence-electron chi connectivity index (χ1n) is 5.16. The van der Waals surface area contributed by atoms with Crippen molar-refractivity contribution in [3.63, 3.8) is 0 Å². The predicted octanol–water partition coefficient (Wildman–Crippen LogP) is 3.40. The summed E-state index contributed by atoms with van der Waals surface area (Å²) >= 11 is 4.28. The van der Waals surface area contributed by atoms with Crippen molar-refractivity contribution < 1.29 is 4.74 Å². The Morgan fingerprint density at radius 3 is 2.38 bits per heavy atom. The molecule has 0 aromatic rings. The average molecular weight is 204 g/mol. The zero-order chi connectivity index (χ0) is 10.3. The van der Waals surface area contributed by atoms with Crippen molar-refractivity contribution in [1.82, 2.24) is 0 Å². The molecule has 0 fully saturated rings. The van der Waals surface area contributed by atoms with Gasteiger partial charge in [-0.05, 0) is 29.9 Å². The van der Waals surface area contributed by atoms with E-state index < -0.39 is 0 Å². The fraction of sp³-hybridized carbons (Fsp3) is 1.00. The van der Waals surface area contributed by atoms with Crippen molar-refractivity contribution in [3.8, 4) is 0 Å². The number of ether oxygens (including phenoxy) is 1. The summed E-state index contributed by atoms with van der Waals surface area (Å²) in [4.78, 5) is 0. The van der Waals surface area contributed by atoms with E-state index in [1.165, 1.54) is 12.8 Å². The molecule has 0 saturated carbocycles. The van der Waals surface area contributed by atoms with Gasteiger partial charge in [0.15, 0.2) is 0 Å². The molecule has 0 aromatic carbocycles. The van der Waals surface area contributed by atoms with Crippen LogP contribution in [0.2, 0.25) is 0 Å². The second-order valence-corrected chi connectivity index (χ2v) is 5.23. The summed E-state index contributed by atoms with van der Waals surface area (Å²) in [5.74, 6) is 1.68. The Balaban J connectivity index is 3.26. The summed E-state index contributed by atoms with van der Waals surface area (Å²) in [5.41, 5.74) is 0.223. The van der Waals surface area contributed by atoms with Crippen molar-refractivity contribution in [3.05, 3.63) is 0 Å². The highest BCUT2D eigenvalue weighted by atomic mass is 32.1. The van der Waals surface area contributed by atoms with Gasteiger partial charge in [0.1, 0.15) is 0 Å². The summed E-state index contributed by atoms with van der Waals surface area (Å²) in [5, 5.41) is 0. The van der Waals surface area contributed by atoms with E-state index in [2.05, 4.69) is 40.3 Å². The fourth-order valence-electron chi connectivity index (χ4n) is 0.988. The Bertz CT molecular complexity index is 121. The lowest BCUT2D eigenvalue weighted by Gasteiger charge is -2.21. The highest BCUT2D eigenvalue weighted by Crippen LogP contribution is 2.17. The van der Waals surface area contributed by atoms with Gasteiger partial charge < -0.3 is 4.74 Å². The van der Waals surface area contributed by atoms with Crippen molar-refractivity contribution in [2.24, 2.45) is 11.3 Å². The van der Waals surface area contributed by atoms with Crippen LogP contribution in [-0.4, -0.2) is 19.0 Å². The van der Waals surface area contributed by atoms with E-state index in [1.54, 1.807) is 0 Å². The van der Waals surface area contributed by atoms with E-state index in [9.17, 15) is 0 Å². The quantitative estimate of drug-likeness (QED) is 0.494. The summed E-state index contributed by atoms with van der Waals surface area (Å²) in [6, 6.07) is 0. The van der Waals surface area contributed by atoms with Gasteiger partial charge in [-0.15, -0.1) is 0 Å². The molecule has 0 aromatic heterocycles. The Labute approximate surface area is 88.7 Å². The van der Waals surface area contributed by atoms with Gasteiger partial charge in [0.2, 0.25) is 0 Å². The summed E-state index contributed by atoms with van der Waals surface area (Å²) in [7, 11) is 0. The van der Waals surface area contributed by atoms with E-state index >= 15 is 0 Å². The molecule has 0 amide bonds. The first-order valence-corrected chi connectivity index (χ1v) is 5.80. The van der Waals surface area contributed by atoms with E-state index in [-0.39, 0.29) is 5.41 Å². The molecule has 80 valence electrons. The molecular weight excluding hydrogens is 180 g/mol. The van der Waals surface area contributed by atoms with Crippen LogP contribution in [-0.2, 0) is 4.74 Å². The Hall–Kier alpha value is 0.310. The van der Waals surface area contributed by atoms with Crippen molar-refractivity contribution in [2.75, 3.05) is 19.0 Å². The van der Waals surface area contributed by atoms with Crippen LogP contribution < -0.4 is 0 Å². The molecule has 13 heavy (non-hydrogen) atoms. The fourth-order valence-corrected chi connectivity index (χ4v) is 1.08. The molecule has 0 atom stereocenters. The molecule has 0 heterocycles. The van der Waals surface area contributed by atoms with Crippen LogP contribution in [0.1, 0.15) is 40.5 Å². The number of rotatable bonds is 7. The Kier molecular flexibility index (Phi) is 6.88. The second-order valence-electron chi connectivity index (χ2n) is 4.91. The third kappa shape index (κ3) is 8.63. The first-order chi connectivity index (χ1) is 5.98.